The zero-order valence-corrected chi connectivity index (χ0v) is 18.2. The average molecular weight is 466 g/mol. The summed E-state index contributed by atoms with van der Waals surface area (Å²) in [7, 11) is -3.37. The van der Waals surface area contributed by atoms with Gasteiger partial charge >= 0.3 is 5.97 Å². The molecule has 4 aromatic rings. The third kappa shape index (κ3) is 4.78. The Bertz CT molecular complexity index is 1490. The SMILES string of the molecule is CS(=O)(=O)c1ccc(N=C(c2ccc(CC(=O)O)cc2)c2c(O)[nH]c3cc(F)ccc23)cc1. The topological polar surface area (TPSA) is 120 Å². The smallest absolute Gasteiger partial charge is 0.307 e. The van der Waals surface area contributed by atoms with Crippen LogP contribution in [0.5, 0.6) is 5.88 Å². The predicted octanol–water partition coefficient (Wildman–Crippen LogP) is 4.21. The Labute approximate surface area is 188 Å². The molecule has 0 saturated carbocycles. The summed E-state index contributed by atoms with van der Waals surface area (Å²) in [6, 6.07) is 16.7. The average Bonchev–Trinajstić information content (AvgIpc) is 3.06. The maximum absolute atomic E-state index is 13.7. The highest BCUT2D eigenvalue weighted by atomic mass is 32.2. The van der Waals surface area contributed by atoms with Gasteiger partial charge in [0.1, 0.15) is 5.82 Å². The summed E-state index contributed by atoms with van der Waals surface area (Å²) in [5.74, 6) is -1.64. The molecule has 0 atom stereocenters. The molecule has 0 unspecified atom stereocenters. The van der Waals surface area contributed by atoms with Crippen molar-refractivity contribution in [3.05, 3.63) is 89.2 Å². The number of benzene rings is 3. The highest BCUT2D eigenvalue weighted by molar-refractivity contribution is 7.90. The maximum atomic E-state index is 13.7. The Kier molecular flexibility index (Phi) is 5.73. The van der Waals surface area contributed by atoms with Crippen molar-refractivity contribution in [1.82, 2.24) is 4.98 Å². The van der Waals surface area contributed by atoms with E-state index in [-0.39, 0.29) is 17.2 Å². The molecule has 3 N–H and O–H groups in total. The number of hydrogen-bond donors (Lipinski definition) is 3. The minimum Gasteiger partial charge on any atom is -0.494 e. The normalized spacial score (nSPS) is 12.2. The molecule has 168 valence electrons. The van der Waals surface area contributed by atoms with Crippen molar-refractivity contribution in [2.45, 2.75) is 11.3 Å². The molecule has 33 heavy (non-hydrogen) atoms. The van der Waals surface area contributed by atoms with E-state index in [2.05, 4.69) is 9.98 Å². The number of aromatic hydroxyl groups is 1. The Hall–Kier alpha value is -3.98. The van der Waals surface area contributed by atoms with Gasteiger partial charge in [-0.3, -0.25) is 4.79 Å². The second-order valence-corrected chi connectivity index (χ2v) is 9.55. The molecule has 0 radical (unpaired) electrons. The van der Waals surface area contributed by atoms with Crippen molar-refractivity contribution < 1.29 is 27.8 Å². The van der Waals surface area contributed by atoms with Crippen LogP contribution in [0.25, 0.3) is 10.9 Å². The molecule has 3 aromatic carbocycles. The first-order chi connectivity index (χ1) is 15.6. The number of nitrogens with zero attached hydrogens (tertiary/aromatic N) is 1. The number of aromatic nitrogens is 1. The van der Waals surface area contributed by atoms with Crippen LogP contribution in [0.4, 0.5) is 10.1 Å². The number of halogens is 1. The molecule has 1 aromatic heterocycles. The molecule has 0 fully saturated rings. The van der Waals surface area contributed by atoms with Gasteiger partial charge in [-0.2, -0.15) is 0 Å². The van der Waals surface area contributed by atoms with Crippen LogP contribution < -0.4 is 0 Å². The molecule has 7 nitrogen and oxygen atoms in total. The number of carbonyl (C=O) groups is 1. The lowest BCUT2D eigenvalue weighted by Crippen LogP contribution is -2.05. The number of sulfone groups is 1. The van der Waals surface area contributed by atoms with Gasteiger partial charge in [0, 0.05) is 17.2 Å². The zero-order valence-electron chi connectivity index (χ0n) is 17.4. The summed E-state index contributed by atoms with van der Waals surface area (Å²) in [6.07, 6.45) is 0.968. The molecule has 9 heteroatoms. The lowest BCUT2D eigenvalue weighted by atomic mass is 9.99. The summed E-state index contributed by atoms with van der Waals surface area (Å²) in [5.41, 5.74) is 2.67. The van der Waals surface area contributed by atoms with Crippen LogP contribution in [-0.2, 0) is 21.1 Å². The number of aliphatic carboxylic acids is 1. The Morgan fingerprint density at radius 3 is 2.30 bits per heavy atom. The largest absolute Gasteiger partial charge is 0.494 e. The maximum Gasteiger partial charge on any atom is 0.307 e. The third-order valence-electron chi connectivity index (χ3n) is 5.07. The molecule has 1 heterocycles. The lowest BCUT2D eigenvalue weighted by Gasteiger charge is -2.09. The molecular formula is C24H19FN2O5S. The second-order valence-electron chi connectivity index (χ2n) is 7.53. The van der Waals surface area contributed by atoms with Crippen LogP contribution in [0, 0.1) is 5.82 Å². The summed E-state index contributed by atoms with van der Waals surface area (Å²) >= 11 is 0. The van der Waals surface area contributed by atoms with E-state index in [1.54, 1.807) is 36.4 Å². The molecule has 0 amide bonds. The van der Waals surface area contributed by atoms with E-state index in [9.17, 15) is 22.7 Å². The monoisotopic (exact) mass is 466 g/mol. The predicted molar refractivity (Wildman–Crippen MR) is 123 cm³/mol. The number of aromatic amines is 1. The van der Waals surface area contributed by atoms with Crippen molar-refractivity contribution in [1.29, 1.82) is 0 Å². The molecule has 4 rings (SSSR count). The first-order valence-corrected chi connectivity index (χ1v) is 11.7. The van der Waals surface area contributed by atoms with Crippen LogP contribution >= 0.6 is 0 Å². The van der Waals surface area contributed by atoms with Gasteiger partial charge in [-0.05, 0) is 48.0 Å². The van der Waals surface area contributed by atoms with Crippen LogP contribution in [0.3, 0.4) is 0 Å². The van der Waals surface area contributed by atoms with Crippen molar-refractivity contribution in [2.24, 2.45) is 4.99 Å². The molecule has 0 aliphatic heterocycles. The lowest BCUT2D eigenvalue weighted by molar-refractivity contribution is -0.136. The molecule has 0 aliphatic rings. The van der Waals surface area contributed by atoms with Crippen molar-refractivity contribution in [2.75, 3.05) is 6.26 Å². The van der Waals surface area contributed by atoms with Gasteiger partial charge in [0.25, 0.3) is 0 Å². The number of nitrogens with one attached hydrogen (secondary N) is 1. The highest BCUT2D eigenvalue weighted by Crippen LogP contribution is 2.32. The van der Waals surface area contributed by atoms with E-state index >= 15 is 0 Å². The standard InChI is InChI=1S/C24H19FN2O5S/c1-33(31,32)18-9-7-17(8-10-18)26-23(15-4-2-14(3-5-15)12-21(28)29)22-19-11-6-16(25)13-20(19)27-24(22)30/h2-11,13,27,30H,12H2,1H3,(H,28,29). The third-order valence-corrected chi connectivity index (χ3v) is 6.19. The first-order valence-electron chi connectivity index (χ1n) is 9.82. The van der Waals surface area contributed by atoms with E-state index in [1.165, 1.54) is 30.3 Å². The van der Waals surface area contributed by atoms with Crippen LogP contribution in [-0.4, -0.2) is 41.6 Å². The number of fused-ring (bicyclic) bond motifs is 1. The van der Waals surface area contributed by atoms with Crippen LogP contribution in [0.2, 0.25) is 0 Å². The molecule has 0 aliphatic carbocycles. The van der Waals surface area contributed by atoms with E-state index < -0.39 is 21.6 Å². The molecule has 0 spiro atoms. The number of hydrogen-bond acceptors (Lipinski definition) is 5. The fourth-order valence-electron chi connectivity index (χ4n) is 3.51. The Balaban J connectivity index is 1.89. The van der Waals surface area contributed by atoms with E-state index in [1.807, 2.05) is 0 Å². The highest BCUT2D eigenvalue weighted by Gasteiger charge is 2.19. The van der Waals surface area contributed by atoms with E-state index in [4.69, 9.17) is 5.11 Å². The van der Waals surface area contributed by atoms with Crippen molar-refractivity contribution in [3.8, 4) is 5.88 Å². The molecule has 0 saturated heterocycles. The van der Waals surface area contributed by atoms with E-state index in [0.29, 0.717) is 39.0 Å². The fraction of sp³-hybridized carbons (Fsp3) is 0.0833. The quantitative estimate of drug-likeness (QED) is 0.368. The van der Waals surface area contributed by atoms with Crippen molar-refractivity contribution in [3.63, 3.8) is 0 Å². The number of aliphatic imine (C=N–C) groups is 1. The second kappa shape index (κ2) is 8.51. The van der Waals surface area contributed by atoms with Crippen molar-refractivity contribution >= 4 is 38.1 Å². The minimum atomic E-state index is -3.37. The Morgan fingerprint density at radius 2 is 1.70 bits per heavy atom. The fourth-order valence-corrected chi connectivity index (χ4v) is 4.14. The van der Waals surface area contributed by atoms with Gasteiger partial charge < -0.3 is 15.2 Å². The van der Waals surface area contributed by atoms with Gasteiger partial charge in [-0.15, -0.1) is 0 Å². The van der Waals surface area contributed by atoms with Crippen LogP contribution in [0.15, 0.2) is 76.6 Å². The van der Waals surface area contributed by atoms with Gasteiger partial charge in [0.2, 0.25) is 0 Å². The number of carboxylic acids is 1. The molecule has 0 bridgehead atoms. The van der Waals surface area contributed by atoms with Gasteiger partial charge in [-0.1, -0.05) is 24.3 Å². The minimum absolute atomic E-state index is 0.142. The Morgan fingerprint density at radius 1 is 1.03 bits per heavy atom. The number of rotatable bonds is 6. The van der Waals surface area contributed by atoms with Gasteiger partial charge in [0.05, 0.1) is 33.8 Å². The summed E-state index contributed by atoms with van der Waals surface area (Å²) in [5, 5.41) is 20.2. The number of carboxylic acid groups (broad SMARTS) is 1. The first kappa shape index (κ1) is 22.2. The van der Waals surface area contributed by atoms with Gasteiger partial charge in [-0.25, -0.2) is 17.8 Å². The van der Waals surface area contributed by atoms with E-state index in [0.717, 1.165) is 6.26 Å². The van der Waals surface area contributed by atoms with Crippen LogP contribution in [0.1, 0.15) is 16.7 Å². The number of H-pyrrole nitrogens is 1. The summed E-state index contributed by atoms with van der Waals surface area (Å²) in [4.78, 5) is 18.5. The molecular weight excluding hydrogens is 447 g/mol. The van der Waals surface area contributed by atoms with Gasteiger partial charge in [0.15, 0.2) is 15.7 Å². The summed E-state index contributed by atoms with van der Waals surface area (Å²) in [6.45, 7) is 0. The summed E-state index contributed by atoms with van der Waals surface area (Å²) < 4.78 is 37.2. The zero-order chi connectivity index (χ0) is 23.8.